The largest absolute Gasteiger partial charge is 0.449 e. The summed E-state index contributed by atoms with van der Waals surface area (Å²) in [6.07, 6.45) is 3.57. The molecule has 0 aliphatic heterocycles. The van der Waals surface area contributed by atoms with E-state index < -0.39 is 0 Å². The molecule has 0 amide bonds. The smallest absolute Gasteiger partial charge is 0.195 e. The number of likely N-dealkylation sites (N-methyl/N-ethyl adjacent to an activating group) is 2. The monoisotopic (exact) mass is 197 g/mol. The third-order valence-corrected chi connectivity index (χ3v) is 2.00. The first-order valence-electron chi connectivity index (χ1n) is 4.95. The van der Waals surface area contributed by atoms with E-state index in [1.807, 2.05) is 21.1 Å². The summed E-state index contributed by atoms with van der Waals surface area (Å²) < 4.78 is 5.35. The van der Waals surface area contributed by atoms with Crippen LogP contribution in [-0.2, 0) is 12.8 Å². The summed E-state index contributed by atoms with van der Waals surface area (Å²) in [7, 11) is 6.03. The molecule has 0 unspecified atom stereocenters. The molecule has 0 aromatic carbocycles. The van der Waals surface area contributed by atoms with Gasteiger partial charge in [-0.05, 0) is 21.1 Å². The van der Waals surface area contributed by atoms with Crippen molar-refractivity contribution < 1.29 is 4.42 Å². The van der Waals surface area contributed by atoms with Gasteiger partial charge >= 0.3 is 0 Å². The molecule has 14 heavy (non-hydrogen) atoms. The van der Waals surface area contributed by atoms with Crippen molar-refractivity contribution in [3.05, 3.63) is 17.8 Å². The Balaban J connectivity index is 2.35. The van der Waals surface area contributed by atoms with E-state index in [9.17, 15) is 0 Å². The summed E-state index contributed by atoms with van der Waals surface area (Å²) in [6, 6.07) is 0. The van der Waals surface area contributed by atoms with Crippen LogP contribution < -0.4 is 5.32 Å². The number of hydrogen-bond donors (Lipinski definition) is 1. The molecule has 1 aromatic heterocycles. The van der Waals surface area contributed by atoms with Crippen molar-refractivity contribution in [2.45, 2.75) is 12.8 Å². The van der Waals surface area contributed by atoms with E-state index in [2.05, 4.69) is 15.2 Å². The van der Waals surface area contributed by atoms with Crippen LogP contribution in [0.3, 0.4) is 0 Å². The molecule has 0 spiro atoms. The van der Waals surface area contributed by atoms with E-state index in [4.69, 9.17) is 4.42 Å². The van der Waals surface area contributed by atoms with Crippen LogP contribution in [0, 0.1) is 0 Å². The molecule has 0 radical (unpaired) electrons. The third-order valence-electron chi connectivity index (χ3n) is 2.00. The van der Waals surface area contributed by atoms with Crippen molar-refractivity contribution in [2.75, 3.05) is 34.2 Å². The molecule has 0 aliphatic rings. The Morgan fingerprint density at radius 2 is 2.21 bits per heavy atom. The summed E-state index contributed by atoms with van der Waals surface area (Å²) in [4.78, 5) is 6.51. The molecule has 0 saturated heterocycles. The maximum atomic E-state index is 5.35. The van der Waals surface area contributed by atoms with Crippen molar-refractivity contribution in [3.8, 4) is 0 Å². The molecule has 1 N–H and O–H groups in total. The van der Waals surface area contributed by atoms with E-state index in [0.29, 0.717) is 0 Å². The molecular weight excluding hydrogens is 178 g/mol. The Labute approximate surface area is 85.3 Å². The number of hydrogen-bond acceptors (Lipinski definition) is 4. The van der Waals surface area contributed by atoms with E-state index in [-0.39, 0.29) is 0 Å². The number of nitrogens with one attached hydrogen (secondary N) is 1. The van der Waals surface area contributed by atoms with Gasteiger partial charge in [-0.15, -0.1) is 0 Å². The molecule has 0 saturated carbocycles. The van der Waals surface area contributed by atoms with Gasteiger partial charge in [-0.1, -0.05) is 0 Å². The predicted octanol–water partition coefficient (Wildman–Crippen LogP) is 0.541. The normalized spacial score (nSPS) is 11.1. The van der Waals surface area contributed by atoms with E-state index >= 15 is 0 Å². The van der Waals surface area contributed by atoms with Gasteiger partial charge in [-0.25, -0.2) is 4.98 Å². The highest BCUT2D eigenvalue weighted by molar-refractivity contribution is 4.97. The highest BCUT2D eigenvalue weighted by Gasteiger charge is 2.03. The maximum absolute atomic E-state index is 5.35. The van der Waals surface area contributed by atoms with Crippen LogP contribution in [0.2, 0.25) is 0 Å². The minimum absolute atomic E-state index is 0.838. The first-order chi connectivity index (χ1) is 6.72. The molecule has 1 aromatic rings. The lowest BCUT2D eigenvalue weighted by Crippen LogP contribution is -2.15. The van der Waals surface area contributed by atoms with E-state index in [0.717, 1.165) is 37.5 Å². The second-order valence-electron chi connectivity index (χ2n) is 3.64. The Morgan fingerprint density at radius 1 is 1.43 bits per heavy atom. The zero-order valence-electron chi connectivity index (χ0n) is 9.21. The zero-order chi connectivity index (χ0) is 10.4. The van der Waals surface area contributed by atoms with Crippen molar-refractivity contribution in [2.24, 2.45) is 0 Å². The van der Waals surface area contributed by atoms with Crippen LogP contribution in [0.1, 0.15) is 11.6 Å². The van der Waals surface area contributed by atoms with Gasteiger partial charge in [0.2, 0.25) is 0 Å². The highest BCUT2D eigenvalue weighted by Crippen LogP contribution is 2.03. The summed E-state index contributed by atoms with van der Waals surface area (Å²) in [5.41, 5.74) is 1.04. The Hall–Kier alpha value is -0.870. The average molecular weight is 197 g/mol. The van der Waals surface area contributed by atoms with Crippen LogP contribution in [0.15, 0.2) is 10.7 Å². The van der Waals surface area contributed by atoms with Crippen LogP contribution in [0.5, 0.6) is 0 Å². The van der Waals surface area contributed by atoms with Crippen LogP contribution in [-0.4, -0.2) is 44.1 Å². The van der Waals surface area contributed by atoms with Gasteiger partial charge < -0.3 is 14.6 Å². The van der Waals surface area contributed by atoms with E-state index in [1.54, 1.807) is 6.26 Å². The molecular formula is C10H19N3O. The first-order valence-corrected chi connectivity index (χ1v) is 4.95. The Morgan fingerprint density at radius 3 is 2.86 bits per heavy atom. The first kappa shape index (κ1) is 11.2. The van der Waals surface area contributed by atoms with Crippen LogP contribution in [0.25, 0.3) is 0 Å². The summed E-state index contributed by atoms with van der Waals surface area (Å²) in [5, 5.41) is 3.09. The minimum Gasteiger partial charge on any atom is -0.449 e. The second kappa shape index (κ2) is 5.78. The molecule has 0 atom stereocenters. The van der Waals surface area contributed by atoms with Gasteiger partial charge in [0.05, 0.1) is 5.69 Å². The number of nitrogens with zero attached hydrogens (tertiary/aromatic N) is 2. The second-order valence-corrected chi connectivity index (χ2v) is 3.64. The van der Waals surface area contributed by atoms with Crippen molar-refractivity contribution >= 4 is 0 Å². The third kappa shape index (κ3) is 3.89. The van der Waals surface area contributed by atoms with Gasteiger partial charge in [0.25, 0.3) is 0 Å². The summed E-state index contributed by atoms with van der Waals surface area (Å²) in [6.45, 7) is 1.92. The van der Waals surface area contributed by atoms with Gasteiger partial charge in [-0.3, -0.25) is 0 Å². The number of oxazole rings is 1. The predicted molar refractivity (Wildman–Crippen MR) is 56.4 cm³/mol. The fourth-order valence-corrected chi connectivity index (χ4v) is 1.15. The minimum atomic E-state index is 0.838. The van der Waals surface area contributed by atoms with Crippen LogP contribution >= 0.6 is 0 Å². The lowest BCUT2D eigenvalue weighted by Gasteiger charge is -2.05. The molecule has 0 fully saturated rings. The topological polar surface area (TPSA) is 41.3 Å². The van der Waals surface area contributed by atoms with Crippen molar-refractivity contribution in [1.82, 2.24) is 15.2 Å². The molecule has 1 rings (SSSR count). The van der Waals surface area contributed by atoms with Gasteiger partial charge in [0, 0.05) is 25.9 Å². The summed E-state index contributed by atoms with van der Waals surface area (Å²) in [5.74, 6) is 0.838. The van der Waals surface area contributed by atoms with Crippen molar-refractivity contribution in [3.63, 3.8) is 0 Å². The summed E-state index contributed by atoms with van der Waals surface area (Å²) >= 11 is 0. The number of rotatable bonds is 6. The molecule has 1 heterocycles. The van der Waals surface area contributed by atoms with Gasteiger partial charge in [-0.2, -0.15) is 0 Å². The average Bonchev–Trinajstić information content (AvgIpc) is 2.59. The lowest BCUT2D eigenvalue weighted by molar-refractivity contribution is 0.384. The Bertz CT molecular complexity index is 258. The molecule has 4 nitrogen and oxygen atoms in total. The fraction of sp³-hybridized carbons (Fsp3) is 0.700. The fourth-order valence-electron chi connectivity index (χ4n) is 1.15. The standard InChI is InChI=1S/C10H19N3O/c1-11-6-4-9-8-14-10(12-9)5-7-13(2)3/h8,11H,4-7H2,1-3H3. The molecule has 80 valence electrons. The Kier molecular flexibility index (Phi) is 4.62. The molecule has 0 bridgehead atoms. The molecule has 0 aliphatic carbocycles. The number of aromatic nitrogens is 1. The maximum Gasteiger partial charge on any atom is 0.195 e. The zero-order valence-corrected chi connectivity index (χ0v) is 9.21. The van der Waals surface area contributed by atoms with Crippen LogP contribution in [0.4, 0.5) is 0 Å². The van der Waals surface area contributed by atoms with Gasteiger partial charge in [0.1, 0.15) is 6.26 Å². The van der Waals surface area contributed by atoms with Crippen molar-refractivity contribution in [1.29, 1.82) is 0 Å². The quantitative estimate of drug-likeness (QED) is 0.722. The highest BCUT2D eigenvalue weighted by atomic mass is 16.3. The van der Waals surface area contributed by atoms with Gasteiger partial charge in [0.15, 0.2) is 5.89 Å². The SMILES string of the molecule is CNCCc1coc(CCN(C)C)n1. The van der Waals surface area contributed by atoms with E-state index in [1.165, 1.54) is 0 Å². The lowest BCUT2D eigenvalue weighted by atomic mass is 10.3. The molecule has 4 heteroatoms.